The second-order valence-electron chi connectivity index (χ2n) is 3.08. The van der Waals surface area contributed by atoms with Crippen molar-refractivity contribution in [3.05, 3.63) is 0 Å². The molecule has 0 rings (SSSR count). The van der Waals surface area contributed by atoms with Crippen molar-refractivity contribution in [1.29, 1.82) is 0 Å². The monoisotopic (exact) mass is 201 g/mol. The average molecular weight is 201 g/mol. The van der Waals surface area contributed by atoms with E-state index in [0.717, 1.165) is 0 Å². The Bertz CT molecular complexity index is 145. The molecule has 0 fully saturated rings. The molecule has 0 aliphatic heterocycles. The van der Waals surface area contributed by atoms with E-state index in [2.05, 4.69) is 10.1 Å². The molecule has 0 aliphatic rings. The molecule has 0 radical (unpaired) electrons. The molecule has 3 nitrogen and oxygen atoms in total. The first kappa shape index (κ1) is 12.7. The quantitative estimate of drug-likeness (QED) is 0.682. The fourth-order valence-corrected chi connectivity index (χ4v) is 0.589. The van der Waals surface area contributed by atoms with E-state index < -0.39 is 18.3 Å². The van der Waals surface area contributed by atoms with Gasteiger partial charge in [0.2, 0.25) is 0 Å². The molecule has 13 heavy (non-hydrogen) atoms. The number of aliphatic hydroxyl groups excluding tert-OH is 1. The molecule has 80 valence electrons. The topological polar surface area (TPSA) is 41.5 Å². The van der Waals surface area contributed by atoms with Crippen LogP contribution >= 0.6 is 0 Å². The van der Waals surface area contributed by atoms with Gasteiger partial charge in [0.05, 0.1) is 18.8 Å². The Kier molecular flexibility index (Phi) is 4.66. The van der Waals surface area contributed by atoms with Gasteiger partial charge in [-0.3, -0.25) is 0 Å². The van der Waals surface area contributed by atoms with Crippen LogP contribution in [0, 0.1) is 0 Å². The summed E-state index contributed by atoms with van der Waals surface area (Å²) in [5.74, 6) is 0. The molecule has 2 N–H and O–H groups in total. The summed E-state index contributed by atoms with van der Waals surface area (Å²) < 4.78 is 39.3. The summed E-state index contributed by atoms with van der Waals surface area (Å²) in [6.45, 7) is -0.172. The zero-order valence-electron chi connectivity index (χ0n) is 7.61. The molecular formula is C7H14F3NO2. The molecule has 1 unspecified atom stereocenters. The maximum Gasteiger partial charge on any atom is 0.411 e. The van der Waals surface area contributed by atoms with Crippen LogP contribution in [0.4, 0.5) is 13.2 Å². The van der Waals surface area contributed by atoms with Crippen molar-refractivity contribution < 1.29 is 23.0 Å². The van der Waals surface area contributed by atoms with Gasteiger partial charge in [0.1, 0.15) is 6.61 Å². The summed E-state index contributed by atoms with van der Waals surface area (Å²) in [6, 6.07) is 0. The Morgan fingerprint density at radius 1 is 1.31 bits per heavy atom. The molecule has 0 saturated carbocycles. The van der Waals surface area contributed by atoms with Gasteiger partial charge < -0.3 is 15.2 Å². The second-order valence-corrected chi connectivity index (χ2v) is 3.08. The van der Waals surface area contributed by atoms with E-state index in [9.17, 15) is 13.2 Å². The zero-order valence-corrected chi connectivity index (χ0v) is 7.61. The van der Waals surface area contributed by atoms with Gasteiger partial charge >= 0.3 is 6.18 Å². The van der Waals surface area contributed by atoms with Crippen LogP contribution in [0.25, 0.3) is 0 Å². The molecule has 0 aromatic rings. The van der Waals surface area contributed by atoms with Gasteiger partial charge in [0.25, 0.3) is 0 Å². The molecule has 6 heteroatoms. The minimum Gasteiger partial charge on any atom is -0.394 e. The molecule has 0 saturated heterocycles. The minimum absolute atomic E-state index is 0.181. The van der Waals surface area contributed by atoms with Crippen LogP contribution in [0.1, 0.15) is 6.92 Å². The van der Waals surface area contributed by atoms with Gasteiger partial charge in [0, 0.05) is 0 Å². The first-order chi connectivity index (χ1) is 5.83. The van der Waals surface area contributed by atoms with Crippen molar-refractivity contribution in [1.82, 2.24) is 5.32 Å². The van der Waals surface area contributed by atoms with Gasteiger partial charge in [-0.05, 0) is 14.0 Å². The van der Waals surface area contributed by atoms with Gasteiger partial charge in [-0.1, -0.05) is 0 Å². The van der Waals surface area contributed by atoms with Crippen molar-refractivity contribution in [2.45, 2.75) is 18.6 Å². The predicted molar refractivity (Wildman–Crippen MR) is 41.4 cm³/mol. The average Bonchev–Trinajstić information content (AvgIpc) is 2.02. The molecule has 0 heterocycles. The van der Waals surface area contributed by atoms with E-state index in [1.807, 2.05) is 0 Å². The standard InChI is InChI=1S/C7H14F3NO2/c1-6(3-12,11-2)4-13-5-7(8,9)10/h11-12H,3-5H2,1-2H3. The van der Waals surface area contributed by atoms with Gasteiger partial charge in [0.15, 0.2) is 0 Å². The van der Waals surface area contributed by atoms with E-state index in [0.29, 0.717) is 0 Å². The number of hydrogen-bond donors (Lipinski definition) is 2. The highest BCUT2D eigenvalue weighted by Gasteiger charge is 2.29. The maximum absolute atomic E-state index is 11.6. The highest BCUT2D eigenvalue weighted by molar-refractivity contribution is 4.79. The summed E-state index contributed by atoms with van der Waals surface area (Å²) in [4.78, 5) is 0. The van der Waals surface area contributed by atoms with Crippen LogP contribution in [0.3, 0.4) is 0 Å². The smallest absolute Gasteiger partial charge is 0.394 e. The Morgan fingerprint density at radius 2 is 1.85 bits per heavy atom. The lowest BCUT2D eigenvalue weighted by atomic mass is 10.1. The number of nitrogens with one attached hydrogen (secondary N) is 1. The molecule has 0 aromatic carbocycles. The van der Waals surface area contributed by atoms with Crippen molar-refractivity contribution in [2.24, 2.45) is 0 Å². The van der Waals surface area contributed by atoms with Gasteiger partial charge in [-0.2, -0.15) is 13.2 Å². The predicted octanol–water partition coefficient (Wildman–Crippen LogP) is 0.536. The van der Waals surface area contributed by atoms with Crippen molar-refractivity contribution in [3.63, 3.8) is 0 Å². The largest absolute Gasteiger partial charge is 0.411 e. The van der Waals surface area contributed by atoms with Crippen LogP contribution < -0.4 is 5.32 Å². The van der Waals surface area contributed by atoms with Crippen molar-refractivity contribution in [2.75, 3.05) is 26.9 Å². The maximum atomic E-state index is 11.6. The molecule has 0 amide bonds. The van der Waals surface area contributed by atoms with Gasteiger partial charge in [-0.25, -0.2) is 0 Å². The van der Waals surface area contributed by atoms with E-state index in [1.54, 1.807) is 14.0 Å². The second kappa shape index (κ2) is 4.78. The number of alkyl halides is 3. The fourth-order valence-electron chi connectivity index (χ4n) is 0.589. The summed E-state index contributed by atoms with van der Waals surface area (Å²) in [6.07, 6.45) is -4.32. The molecule has 1 atom stereocenters. The Labute approximate surface area is 74.9 Å². The van der Waals surface area contributed by atoms with Crippen molar-refractivity contribution in [3.8, 4) is 0 Å². The number of hydrogen-bond acceptors (Lipinski definition) is 3. The first-order valence-corrected chi connectivity index (χ1v) is 3.77. The van der Waals surface area contributed by atoms with E-state index in [4.69, 9.17) is 5.11 Å². The van der Waals surface area contributed by atoms with Crippen LogP contribution in [-0.2, 0) is 4.74 Å². The van der Waals surface area contributed by atoms with Crippen LogP contribution in [-0.4, -0.2) is 43.7 Å². The molecule has 0 aliphatic carbocycles. The fraction of sp³-hybridized carbons (Fsp3) is 1.00. The van der Waals surface area contributed by atoms with Crippen LogP contribution in [0.15, 0.2) is 0 Å². The molecule has 0 aromatic heterocycles. The number of rotatable bonds is 5. The highest BCUT2D eigenvalue weighted by atomic mass is 19.4. The number of halogens is 3. The Balaban J connectivity index is 3.74. The third kappa shape index (κ3) is 5.84. The lowest BCUT2D eigenvalue weighted by Gasteiger charge is -2.26. The number of aliphatic hydroxyl groups is 1. The Hall–Kier alpha value is -0.330. The first-order valence-electron chi connectivity index (χ1n) is 3.77. The van der Waals surface area contributed by atoms with E-state index in [-0.39, 0.29) is 13.2 Å². The minimum atomic E-state index is -4.32. The number of ether oxygens (including phenoxy) is 1. The summed E-state index contributed by atoms with van der Waals surface area (Å²) >= 11 is 0. The third-order valence-electron chi connectivity index (χ3n) is 1.64. The molecule has 0 spiro atoms. The summed E-state index contributed by atoms with van der Waals surface area (Å²) in [5.41, 5.74) is -0.814. The lowest BCUT2D eigenvalue weighted by molar-refractivity contribution is -0.178. The van der Waals surface area contributed by atoms with E-state index in [1.165, 1.54) is 0 Å². The van der Waals surface area contributed by atoms with Crippen molar-refractivity contribution >= 4 is 0 Å². The zero-order chi connectivity index (χ0) is 10.5. The molecular weight excluding hydrogens is 187 g/mol. The SMILES string of the molecule is CNC(C)(CO)COCC(F)(F)F. The Morgan fingerprint density at radius 3 is 2.15 bits per heavy atom. The molecule has 0 bridgehead atoms. The normalized spacial score (nSPS) is 17.1. The number of likely N-dealkylation sites (N-methyl/N-ethyl adjacent to an activating group) is 1. The highest BCUT2D eigenvalue weighted by Crippen LogP contribution is 2.15. The van der Waals surface area contributed by atoms with Crippen LogP contribution in [0.2, 0.25) is 0 Å². The van der Waals surface area contributed by atoms with E-state index >= 15 is 0 Å². The lowest BCUT2D eigenvalue weighted by Crippen LogP contribution is -2.48. The van der Waals surface area contributed by atoms with Gasteiger partial charge in [-0.15, -0.1) is 0 Å². The summed E-state index contributed by atoms with van der Waals surface area (Å²) in [7, 11) is 1.55. The van der Waals surface area contributed by atoms with Crippen LogP contribution in [0.5, 0.6) is 0 Å². The summed E-state index contributed by atoms with van der Waals surface area (Å²) in [5, 5.41) is 11.5. The third-order valence-corrected chi connectivity index (χ3v) is 1.64.